The summed E-state index contributed by atoms with van der Waals surface area (Å²) in [6.45, 7) is 3.73. The average molecular weight is 419 g/mol. The maximum Gasteiger partial charge on any atom is 0.417 e. The van der Waals surface area contributed by atoms with Crippen molar-refractivity contribution >= 4 is 5.82 Å². The van der Waals surface area contributed by atoms with E-state index in [1.54, 1.807) is 30.6 Å². The number of piperazine rings is 1. The van der Waals surface area contributed by atoms with Gasteiger partial charge in [0.05, 0.1) is 17.8 Å². The van der Waals surface area contributed by atoms with Crippen molar-refractivity contribution in [2.45, 2.75) is 25.2 Å². The van der Waals surface area contributed by atoms with Crippen molar-refractivity contribution in [2.24, 2.45) is 0 Å². The first-order chi connectivity index (χ1) is 14.3. The minimum atomic E-state index is -4.41. The number of anilines is 1. The molecule has 0 amide bonds. The van der Waals surface area contributed by atoms with Gasteiger partial charge in [0.2, 0.25) is 0 Å². The summed E-state index contributed by atoms with van der Waals surface area (Å²) in [6, 6.07) is 8.78. The lowest BCUT2D eigenvalue weighted by molar-refractivity contribution is -0.137. The molecule has 1 fully saturated rings. The Kier molecular flexibility index (Phi) is 5.46. The number of aromatic nitrogens is 3. The van der Waals surface area contributed by atoms with Gasteiger partial charge in [0.1, 0.15) is 11.6 Å². The van der Waals surface area contributed by atoms with Crippen LogP contribution in [0.15, 0.2) is 55.0 Å². The van der Waals surface area contributed by atoms with Gasteiger partial charge in [-0.25, -0.2) is 9.37 Å². The highest BCUT2D eigenvalue weighted by atomic mass is 19.4. The van der Waals surface area contributed by atoms with Gasteiger partial charge in [0, 0.05) is 49.2 Å². The van der Waals surface area contributed by atoms with Gasteiger partial charge in [-0.3, -0.25) is 10.00 Å². The first-order valence-electron chi connectivity index (χ1n) is 9.61. The van der Waals surface area contributed by atoms with Crippen molar-refractivity contribution < 1.29 is 17.6 Å². The Labute approximate surface area is 171 Å². The van der Waals surface area contributed by atoms with E-state index in [1.165, 1.54) is 12.1 Å². The minimum Gasteiger partial charge on any atom is -0.351 e. The molecule has 2 atom stereocenters. The largest absolute Gasteiger partial charge is 0.417 e. The third-order valence-corrected chi connectivity index (χ3v) is 5.43. The lowest BCUT2D eigenvalue weighted by Crippen LogP contribution is -2.53. The molecule has 0 radical (unpaired) electrons. The van der Waals surface area contributed by atoms with Crippen molar-refractivity contribution in [2.75, 3.05) is 24.5 Å². The van der Waals surface area contributed by atoms with Crippen LogP contribution in [0.2, 0.25) is 0 Å². The van der Waals surface area contributed by atoms with E-state index >= 15 is 0 Å². The van der Waals surface area contributed by atoms with Crippen molar-refractivity contribution in [1.29, 1.82) is 0 Å². The molecule has 0 aliphatic carbocycles. The van der Waals surface area contributed by atoms with Crippen LogP contribution < -0.4 is 4.90 Å². The molecule has 2 unspecified atom stereocenters. The number of hydrogen-bond acceptors (Lipinski definition) is 4. The van der Waals surface area contributed by atoms with Crippen LogP contribution in [0.1, 0.15) is 29.7 Å². The number of rotatable bonds is 4. The Balaban J connectivity index is 1.56. The van der Waals surface area contributed by atoms with Gasteiger partial charge in [0.15, 0.2) is 0 Å². The zero-order valence-corrected chi connectivity index (χ0v) is 16.3. The molecule has 1 aromatic carbocycles. The van der Waals surface area contributed by atoms with Crippen molar-refractivity contribution in [3.05, 3.63) is 77.5 Å². The second-order valence-corrected chi connectivity index (χ2v) is 7.40. The van der Waals surface area contributed by atoms with E-state index in [1.807, 2.05) is 11.8 Å². The van der Waals surface area contributed by atoms with Crippen LogP contribution in [-0.2, 0) is 6.18 Å². The van der Waals surface area contributed by atoms with E-state index in [0.29, 0.717) is 31.0 Å². The molecule has 1 aliphatic heterocycles. The molecule has 4 rings (SSSR count). The quantitative estimate of drug-likeness (QED) is 0.642. The third-order valence-electron chi connectivity index (χ3n) is 5.43. The van der Waals surface area contributed by atoms with Crippen molar-refractivity contribution in [3.63, 3.8) is 0 Å². The fourth-order valence-electron chi connectivity index (χ4n) is 3.98. The van der Waals surface area contributed by atoms with Crippen LogP contribution in [0.5, 0.6) is 0 Å². The molecular weight excluding hydrogens is 398 g/mol. The fourth-order valence-corrected chi connectivity index (χ4v) is 3.98. The van der Waals surface area contributed by atoms with Crippen LogP contribution in [0.4, 0.5) is 23.4 Å². The lowest BCUT2D eigenvalue weighted by atomic mass is 9.97. The molecule has 1 aliphatic rings. The molecule has 9 heteroatoms. The number of pyridine rings is 1. The number of benzene rings is 1. The monoisotopic (exact) mass is 419 g/mol. The zero-order valence-electron chi connectivity index (χ0n) is 16.3. The van der Waals surface area contributed by atoms with Crippen molar-refractivity contribution in [1.82, 2.24) is 20.1 Å². The highest BCUT2D eigenvalue weighted by Gasteiger charge is 2.34. The molecule has 3 heterocycles. The van der Waals surface area contributed by atoms with E-state index in [4.69, 9.17) is 0 Å². The number of H-pyrrole nitrogens is 1. The van der Waals surface area contributed by atoms with E-state index < -0.39 is 11.7 Å². The van der Waals surface area contributed by atoms with Crippen LogP contribution in [0, 0.1) is 5.82 Å². The molecule has 0 bridgehead atoms. The molecule has 0 saturated carbocycles. The summed E-state index contributed by atoms with van der Waals surface area (Å²) >= 11 is 0. The molecule has 30 heavy (non-hydrogen) atoms. The summed E-state index contributed by atoms with van der Waals surface area (Å²) < 4.78 is 53.0. The Bertz CT molecular complexity index is 972. The van der Waals surface area contributed by atoms with Gasteiger partial charge in [-0.1, -0.05) is 18.2 Å². The van der Waals surface area contributed by atoms with E-state index in [9.17, 15) is 17.6 Å². The molecule has 2 aromatic heterocycles. The number of nitrogens with zero attached hydrogens (tertiary/aromatic N) is 4. The van der Waals surface area contributed by atoms with Crippen LogP contribution in [0.25, 0.3) is 0 Å². The SMILES string of the molecule is CC1CN(C(c2cn[nH]c2)c2ccccc2F)CCN1c1ccc(C(F)(F)F)cn1. The number of halogens is 4. The van der Waals surface area contributed by atoms with Gasteiger partial charge in [-0.2, -0.15) is 18.3 Å². The number of hydrogen-bond donors (Lipinski definition) is 1. The van der Waals surface area contributed by atoms with Crippen molar-refractivity contribution in [3.8, 4) is 0 Å². The highest BCUT2D eigenvalue weighted by Crippen LogP contribution is 2.33. The maximum absolute atomic E-state index is 14.6. The van der Waals surface area contributed by atoms with E-state index in [-0.39, 0.29) is 17.9 Å². The smallest absolute Gasteiger partial charge is 0.351 e. The Morgan fingerprint density at radius 3 is 2.50 bits per heavy atom. The number of aromatic amines is 1. The molecule has 1 saturated heterocycles. The summed E-state index contributed by atoms with van der Waals surface area (Å²) in [7, 11) is 0. The van der Waals surface area contributed by atoms with Crippen LogP contribution in [-0.4, -0.2) is 45.8 Å². The molecule has 1 N–H and O–H groups in total. The maximum atomic E-state index is 14.6. The van der Waals surface area contributed by atoms with Crippen LogP contribution in [0.3, 0.4) is 0 Å². The topological polar surface area (TPSA) is 48.1 Å². The van der Waals surface area contributed by atoms with Gasteiger partial charge in [0.25, 0.3) is 0 Å². The van der Waals surface area contributed by atoms with Gasteiger partial charge in [-0.05, 0) is 25.1 Å². The first kappa shape index (κ1) is 20.3. The standard InChI is InChI=1S/C21H21F4N5/c1-14-13-29(8-9-30(14)19-7-6-16(12-26-19)21(23,24)25)20(15-10-27-28-11-15)17-4-2-3-5-18(17)22/h2-7,10-12,14,20H,8-9,13H2,1H3,(H,27,28). The molecule has 0 spiro atoms. The van der Waals surface area contributed by atoms with Gasteiger partial charge in [-0.15, -0.1) is 0 Å². The zero-order chi connectivity index (χ0) is 21.3. The summed E-state index contributed by atoms with van der Waals surface area (Å²) in [5.41, 5.74) is 0.651. The average Bonchev–Trinajstić information content (AvgIpc) is 3.24. The normalized spacial score (nSPS) is 19.1. The van der Waals surface area contributed by atoms with Gasteiger partial charge < -0.3 is 4.90 Å². The summed E-state index contributed by atoms with van der Waals surface area (Å²) in [4.78, 5) is 8.16. The molecule has 3 aromatic rings. The molecular formula is C21H21F4N5. The lowest BCUT2D eigenvalue weighted by Gasteiger charge is -2.43. The van der Waals surface area contributed by atoms with Gasteiger partial charge >= 0.3 is 6.18 Å². The fraction of sp³-hybridized carbons (Fsp3) is 0.333. The Morgan fingerprint density at radius 1 is 1.10 bits per heavy atom. The second kappa shape index (κ2) is 8.06. The predicted octanol–water partition coefficient (Wildman–Crippen LogP) is 4.26. The Hall–Kier alpha value is -2.94. The summed E-state index contributed by atoms with van der Waals surface area (Å²) in [6.07, 6.45) is -0.105. The van der Waals surface area contributed by atoms with E-state index in [2.05, 4.69) is 20.1 Å². The number of nitrogens with one attached hydrogen (secondary N) is 1. The first-order valence-corrected chi connectivity index (χ1v) is 9.61. The third kappa shape index (κ3) is 4.02. The Morgan fingerprint density at radius 2 is 1.90 bits per heavy atom. The molecule has 158 valence electrons. The predicted molar refractivity (Wildman–Crippen MR) is 104 cm³/mol. The second-order valence-electron chi connectivity index (χ2n) is 7.40. The van der Waals surface area contributed by atoms with Crippen LogP contribution >= 0.6 is 0 Å². The molecule has 5 nitrogen and oxygen atoms in total. The summed E-state index contributed by atoms with van der Waals surface area (Å²) in [5, 5.41) is 6.81. The number of alkyl halides is 3. The summed E-state index contributed by atoms with van der Waals surface area (Å²) in [5.74, 6) is 0.212. The van der Waals surface area contributed by atoms with E-state index in [0.717, 1.165) is 17.8 Å². The minimum absolute atomic E-state index is 0.0239. The highest BCUT2D eigenvalue weighted by molar-refractivity contribution is 5.42.